The highest BCUT2D eigenvalue weighted by Crippen LogP contribution is 2.26. The van der Waals surface area contributed by atoms with Crippen LogP contribution in [-0.4, -0.2) is 36.0 Å². The van der Waals surface area contributed by atoms with Crippen molar-refractivity contribution >= 4 is 23.7 Å². The van der Waals surface area contributed by atoms with E-state index in [1.165, 1.54) is 18.7 Å². The molecule has 16 heavy (non-hydrogen) atoms. The first-order chi connectivity index (χ1) is 7.61. The van der Waals surface area contributed by atoms with Gasteiger partial charge in [0.1, 0.15) is 12.0 Å². The van der Waals surface area contributed by atoms with Gasteiger partial charge in [-0.05, 0) is 6.42 Å². The second-order valence-electron chi connectivity index (χ2n) is 3.37. The summed E-state index contributed by atoms with van der Waals surface area (Å²) in [6, 6.07) is 0. The van der Waals surface area contributed by atoms with Crippen molar-refractivity contribution in [1.82, 2.24) is 0 Å². The molecule has 6 heteroatoms. The first-order valence-electron chi connectivity index (χ1n) is 5.21. The normalized spacial score (nSPS) is 24.1. The van der Waals surface area contributed by atoms with E-state index in [1.54, 1.807) is 0 Å². The van der Waals surface area contributed by atoms with Crippen LogP contribution in [0, 0.1) is 0 Å². The van der Waals surface area contributed by atoms with E-state index in [0.29, 0.717) is 12.2 Å². The molecule has 92 valence electrons. The lowest BCUT2D eigenvalue weighted by molar-refractivity contribution is -0.175. The average molecular weight is 248 g/mol. The fourth-order valence-electron chi connectivity index (χ4n) is 1.21. The maximum absolute atomic E-state index is 11.1. The summed E-state index contributed by atoms with van der Waals surface area (Å²) in [6.45, 7) is 3.46. The second kappa shape index (κ2) is 6.75. The fourth-order valence-corrected chi connectivity index (χ4v) is 2.09. The van der Waals surface area contributed by atoms with Crippen molar-refractivity contribution in [2.45, 2.75) is 38.4 Å². The molecule has 0 saturated carbocycles. The third kappa shape index (κ3) is 4.85. The van der Waals surface area contributed by atoms with Gasteiger partial charge in [0.2, 0.25) is 6.29 Å². The van der Waals surface area contributed by atoms with Gasteiger partial charge in [-0.25, -0.2) is 0 Å². The number of rotatable bonds is 5. The minimum Gasteiger partial charge on any atom is -0.462 e. The summed E-state index contributed by atoms with van der Waals surface area (Å²) in [7, 11) is 0. The SMILES string of the molecule is CCCC(=O)OC[C@H]1OC(OC(C)=O)CS1. The summed E-state index contributed by atoms with van der Waals surface area (Å²) in [6.07, 6.45) is 0.676. The number of thioether (sulfide) groups is 1. The van der Waals surface area contributed by atoms with Crippen molar-refractivity contribution in [3.63, 3.8) is 0 Å². The van der Waals surface area contributed by atoms with Gasteiger partial charge in [0.25, 0.3) is 0 Å². The van der Waals surface area contributed by atoms with Crippen molar-refractivity contribution in [2.24, 2.45) is 0 Å². The maximum atomic E-state index is 11.1. The Morgan fingerprint density at radius 2 is 2.25 bits per heavy atom. The lowest BCUT2D eigenvalue weighted by Gasteiger charge is -2.12. The summed E-state index contributed by atoms with van der Waals surface area (Å²) in [4.78, 5) is 21.7. The van der Waals surface area contributed by atoms with Gasteiger partial charge < -0.3 is 14.2 Å². The molecule has 0 radical (unpaired) electrons. The summed E-state index contributed by atoms with van der Waals surface area (Å²) < 4.78 is 15.2. The molecule has 0 N–H and O–H groups in total. The topological polar surface area (TPSA) is 61.8 Å². The average Bonchev–Trinajstić information content (AvgIpc) is 2.62. The molecule has 1 fully saturated rings. The molecule has 0 aliphatic carbocycles. The Bertz CT molecular complexity index is 256. The number of hydrogen-bond acceptors (Lipinski definition) is 6. The van der Waals surface area contributed by atoms with E-state index >= 15 is 0 Å². The largest absolute Gasteiger partial charge is 0.462 e. The number of esters is 2. The molecule has 1 saturated heterocycles. The minimum absolute atomic E-state index is 0.210. The van der Waals surface area contributed by atoms with Gasteiger partial charge in [0.05, 0.1) is 5.75 Å². The first kappa shape index (κ1) is 13.3. The smallest absolute Gasteiger partial charge is 0.305 e. The van der Waals surface area contributed by atoms with Crippen molar-refractivity contribution in [2.75, 3.05) is 12.4 Å². The monoisotopic (exact) mass is 248 g/mol. The zero-order valence-electron chi connectivity index (χ0n) is 9.43. The number of hydrogen-bond donors (Lipinski definition) is 0. The van der Waals surface area contributed by atoms with Crippen LogP contribution in [0.2, 0.25) is 0 Å². The Hall–Kier alpha value is -0.750. The zero-order chi connectivity index (χ0) is 12.0. The molecule has 1 heterocycles. The summed E-state index contributed by atoms with van der Waals surface area (Å²) in [5.41, 5.74) is -0.231. The Morgan fingerprint density at radius 1 is 1.50 bits per heavy atom. The molecular weight excluding hydrogens is 232 g/mol. The second-order valence-corrected chi connectivity index (χ2v) is 4.56. The Balaban J connectivity index is 2.16. The van der Waals surface area contributed by atoms with E-state index in [4.69, 9.17) is 14.2 Å². The Labute approximate surface area is 98.8 Å². The predicted molar refractivity (Wildman–Crippen MR) is 58.8 cm³/mol. The van der Waals surface area contributed by atoms with E-state index in [0.717, 1.165) is 6.42 Å². The van der Waals surface area contributed by atoms with Crippen molar-refractivity contribution < 1.29 is 23.8 Å². The van der Waals surface area contributed by atoms with E-state index < -0.39 is 6.29 Å². The fraction of sp³-hybridized carbons (Fsp3) is 0.800. The standard InChI is InChI=1S/C10H16O5S/c1-3-4-8(12)13-5-10-15-9(6-16-10)14-7(2)11/h9-10H,3-6H2,1-2H3/t9?,10-/m0/s1. The third-order valence-corrected chi connectivity index (χ3v) is 2.94. The molecule has 1 aliphatic rings. The van der Waals surface area contributed by atoms with Crippen LogP contribution >= 0.6 is 11.8 Å². The van der Waals surface area contributed by atoms with Crippen LogP contribution in [-0.2, 0) is 23.8 Å². The summed E-state index contributed by atoms with van der Waals surface area (Å²) in [5.74, 6) is -0.00729. The van der Waals surface area contributed by atoms with Gasteiger partial charge in [-0.1, -0.05) is 6.92 Å². The zero-order valence-corrected chi connectivity index (χ0v) is 10.2. The molecule has 0 spiro atoms. The van der Waals surface area contributed by atoms with Crippen LogP contribution in [0.15, 0.2) is 0 Å². The van der Waals surface area contributed by atoms with E-state index in [9.17, 15) is 9.59 Å². The van der Waals surface area contributed by atoms with Gasteiger partial charge in [-0.15, -0.1) is 11.8 Å². The molecule has 1 rings (SSSR count). The maximum Gasteiger partial charge on any atom is 0.305 e. The first-order valence-corrected chi connectivity index (χ1v) is 6.26. The van der Waals surface area contributed by atoms with Gasteiger partial charge in [0.15, 0.2) is 0 Å². The minimum atomic E-state index is -0.516. The molecule has 2 atom stereocenters. The number of carbonyl (C=O) groups excluding carboxylic acids is 2. The molecule has 1 unspecified atom stereocenters. The van der Waals surface area contributed by atoms with E-state index in [1.807, 2.05) is 6.92 Å². The third-order valence-electron chi connectivity index (χ3n) is 1.85. The lowest BCUT2D eigenvalue weighted by atomic mass is 10.3. The molecule has 0 bridgehead atoms. The highest BCUT2D eigenvalue weighted by Gasteiger charge is 2.28. The van der Waals surface area contributed by atoms with Gasteiger partial charge in [-0.2, -0.15) is 0 Å². The van der Waals surface area contributed by atoms with Crippen LogP contribution in [0.25, 0.3) is 0 Å². The molecule has 0 amide bonds. The van der Waals surface area contributed by atoms with Crippen LogP contribution in [0.4, 0.5) is 0 Å². The van der Waals surface area contributed by atoms with Crippen LogP contribution in [0.1, 0.15) is 26.7 Å². The van der Waals surface area contributed by atoms with Crippen LogP contribution < -0.4 is 0 Å². The number of ether oxygens (including phenoxy) is 3. The van der Waals surface area contributed by atoms with Crippen LogP contribution in [0.5, 0.6) is 0 Å². The van der Waals surface area contributed by atoms with Crippen molar-refractivity contribution in [1.29, 1.82) is 0 Å². The van der Waals surface area contributed by atoms with Gasteiger partial charge in [-0.3, -0.25) is 9.59 Å². The Kier molecular flexibility index (Phi) is 5.62. The predicted octanol–water partition coefficient (Wildman–Crippen LogP) is 1.31. The lowest BCUT2D eigenvalue weighted by Crippen LogP contribution is -2.22. The molecule has 0 aromatic heterocycles. The van der Waals surface area contributed by atoms with Crippen molar-refractivity contribution in [3.8, 4) is 0 Å². The molecule has 0 aromatic rings. The molecule has 5 nitrogen and oxygen atoms in total. The van der Waals surface area contributed by atoms with Gasteiger partial charge in [0, 0.05) is 13.3 Å². The highest BCUT2D eigenvalue weighted by atomic mass is 32.2. The summed E-state index contributed by atoms with van der Waals surface area (Å²) >= 11 is 1.48. The highest BCUT2D eigenvalue weighted by molar-refractivity contribution is 8.00. The van der Waals surface area contributed by atoms with Gasteiger partial charge >= 0.3 is 11.9 Å². The molecule has 1 aliphatic heterocycles. The van der Waals surface area contributed by atoms with Crippen molar-refractivity contribution in [3.05, 3.63) is 0 Å². The molecule has 0 aromatic carbocycles. The molecular formula is C10H16O5S. The van der Waals surface area contributed by atoms with Crippen LogP contribution in [0.3, 0.4) is 0 Å². The summed E-state index contributed by atoms with van der Waals surface area (Å²) in [5, 5.41) is 0. The number of carbonyl (C=O) groups is 2. The van der Waals surface area contributed by atoms with E-state index in [-0.39, 0.29) is 24.0 Å². The quantitative estimate of drug-likeness (QED) is 0.684. The van der Waals surface area contributed by atoms with E-state index in [2.05, 4.69) is 0 Å². The Morgan fingerprint density at radius 3 is 2.88 bits per heavy atom.